The second-order valence-corrected chi connectivity index (χ2v) is 6.35. The van der Waals surface area contributed by atoms with Gasteiger partial charge in [0.25, 0.3) is 0 Å². The summed E-state index contributed by atoms with van der Waals surface area (Å²) in [5.41, 5.74) is 7.75. The molecule has 2 atom stereocenters. The topological polar surface area (TPSA) is 84.7 Å². The summed E-state index contributed by atoms with van der Waals surface area (Å²) in [6.45, 7) is 1.12. The molecular formula is C20H24ClN3O3. The van der Waals surface area contributed by atoms with E-state index in [-0.39, 0.29) is 24.2 Å². The predicted octanol–water partition coefficient (Wildman–Crippen LogP) is 2.03. The number of hydrogen-bond acceptors (Lipinski definition) is 4. The van der Waals surface area contributed by atoms with E-state index in [0.717, 1.165) is 16.9 Å². The lowest BCUT2D eigenvalue weighted by Crippen LogP contribution is -2.45. The molecule has 0 radical (unpaired) electrons. The normalized spacial score (nSPS) is 17.2. The van der Waals surface area contributed by atoms with E-state index in [1.54, 1.807) is 24.1 Å². The van der Waals surface area contributed by atoms with Crippen LogP contribution in [-0.4, -0.2) is 36.4 Å². The van der Waals surface area contributed by atoms with Gasteiger partial charge in [-0.05, 0) is 29.7 Å². The lowest BCUT2D eigenvalue weighted by Gasteiger charge is -2.19. The summed E-state index contributed by atoms with van der Waals surface area (Å²) in [4.78, 5) is 26.7. The number of likely N-dealkylation sites (tertiary alicyclic amines) is 1. The molecule has 0 saturated carbocycles. The Morgan fingerprint density at radius 2 is 1.89 bits per heavy atom. The number of hydrogen-bond donors (Lipinski definition) is 2. The quantitative estimate of drug-likeness (QED) is 0.791. The Bertz CT molecular complexity index is 768. The lowest BCUT2D eigenvalue weighted by molar-refractivity contribution is -0.133. The number of halogens is 1. The standard InChI is InChI=1S/C20H23N3O3.ClH/c1-26-16-9-7-14(8-10-16)13-23-12-11-17(20(23)25)22-19(24)18(21)15-5-3-2-4-6-15;/h2-10,17-18H,11-13,21H2,1H3,(H,22,24);1H. The Morgan fingerprint density at radius 3 is 2.52 bits per heavy atom. The van der Waals surface area contributed by atoms with Crippen molar-refractivity contribution in [3.63, 3.8) is 0 Å². The minimum atomic E-state index is -0.778. The van der Waals surface area contributed by atoms with Gasteiger partial charge in [-0.3, -0.25) is 9.59 Å². The fourth-order valence-corrected chi connectivity index (χ4v) is 3.05. The molecule has 7 heteroatoms. The van der Waals surface area contributed by atoms with Gasteiger partial charge in [-0.25, -0.2) is 0 Å². The molecule has 1 aliphatic rings. The summed E-state index contributed by atoms with van der Waals surface area (Å²) in [5.74, 6) is 0.372. The molecule has 0 aliphatic carbocycles. The van der Waals surface area contributed by atoms with Crippen LogP contribution in [0, 0.1) is 0 Å². The number of benzene rings is 2. The fraction of sp³-hybridized carbons (Fsp3) is 0.300. The van der Waals surface area contributed by atoms with Crippen LogP contribution in [0.1, 0.15) is 23.6 Å². The lowest BCUT2D eigenvalue weighted by atomic mass is 10.1. The Kier molecular flexibility index (Phi) is 7.21. The second kappa shape index (κ2) is 9.39. The number of rotatable bonds is 6. The zero-order chi connectivity index (χ0) is 18.5. The Balaban J connectivity index is 0.00000261. The molecule has 3 rings (SSSR count). The molecule has 2 unspecified atom stereocenters. The van der Waals surface area contributed by atoms with E-state index < -0.39 is 12.1 Å². The number of nitrogens with one attached hydrogen (secondary N) is 1. The van der Waals surface area contributed by atoms with Gasteiger partial charge in [0.15, 0.2) is 0 Å². The molecule has 0 aromatic heterocycles. The van der Waals surface area contributed by atoms with Crippen molar-refractivity contribution in [3.05, 3.63) is 65.7 Å². The van der Waals surface area contributed by atoms with Crippen LogP contribution in [0.25, 0.3) is 0 Å². The number of carbonyl (C=O) groups is 2. The van der Waals surface area contributed by atoms with Crippen molar-refractivity contribution < 1.29 is 14.3 Å². The van der Waals surface area contributed by atoms with E-state index in [1.807, 2.05) is 42.5 Å². The molecule has 1 saturated heterocycles. The average Bonchev–Trinajstić information content (AvgIpc) is 3.02. The van der Waals surface area contributed by atoms with Crippen LogP contribution in [-0.2, 0) is 16.1 Å². The molecule has 27 heavy (non-hydrogen) atoms. The van der Waals surface area contributed by atoms with Crippen molar-refractivity contribution in [3.8, 4) is 5.75 Å². The molecule has 1 aliphatic heterocycles. The third kappa shape index (κ3) is 4.99. The van der Waals surface area contributed by atoms with Crippen molar-refractivity contribution in [1.82, 2.24) is 10.2 Å². The molecule has 1 fully saturated rings. The summed E-state index contributed by atoms with van der Waals surface area (Å²) in [6.07, 6.45) is 0.586. The first kappa shape index (κ1) is 20.7. The molecule has 2 aromatic rings. The minimum Gasteiger partial charge on any atom is -0.497 e. The molecule has 0 spiro atoms. The fourth-order valence-electron chi connectivity index (χ4n) is 3.05. The highest BCUT2D eigenvalue weighted by molar-refractivity contribution is 5.91. The Morgan fingerprint density at radius 1 is 1.22 bits per heavy atom. The maximum atomic E-state index is 12.6. The van der Waals surface area contributed by atoms with E-state index >= 15 is 0 Å². The number of methoxy groups -OCH3 is 1. The maximum absolute atomic E-state index is 12.6. The number of nitrogens with zero attached hydrogens (tertiary/aromatic N) is 1. The van der Waals surface area contributed by atoms with Gasteiger partial charge in [-0.1, -0.05) is 42.5 Å². The highest BCUT2D eigenvalue weighted by atomic mass is 35.5. The van der Waals surface area contributed by atoms with Crippen LogP contribution in [0.4, 0.5) is 0 Å². The van der Waals surface area contributed by atoms with Crippen molar-refractivity contribution >= 4 is 24.2 Å². The molecule has 1 heterocycles. The Labute approximate surface area is 165 Å². The molecule has 0 bridgehead atoms. The van der Waals surface area contributed by atoms with E-state index in [2.05, 4.69) is 5.32 Å². The van der Waals surface area contributed by atoms with Crippen LogP contribution in [0.5, 0.6) is 5.75 Å². The second-order valence-electron chi connectivity index (χ2n) is 6.35. The van der Waals surface area contributed by atoms with E-state index in [4.69, 9.17) is 10.5 Å². The first-order valence-corrected chi connectivity index (χ1v) is 8.61. The summed E-state index contributed by atoms with van der Waals surface area (Å²) >= 11 is 0. The van der Waals surface area contributed by atoms with E-state index in [0.29, 0.717) is 19.5 Å². The van der Waals surface area contributed by atoms with Crippen LogP contribution in [0.15, 0.2) is 54.6 Å². The van der Waals surface area contributed by atoms with Gasteiger partial charge >= 0.3 is 0 Å². The largest absolute Gasteiger partial charge is 0.497 e. The van der Waals surface area contributed by atoms with Gasteiger partial charge in [0.2, 0.25) is 11.8 Å². The van der Waals surface area contributed by atoms with Crippen LogP contribution < -0.4 is 15.8 Å². The molecule has 144 valence electrons. The van der Waals surface area contributed by atoms with E-state index in [9.17, 15) is 9.59 Å². The van der Waals surface area contributed by atoms with Crippen molar-refractivity contribution in [2.24, 2.45) is 5.73 Å². The zero-order valence-corrected chi connectivity index (χ0v) is 15.9. The third-order valence-electron chi connectivity index (χ3n) is 4.59. The molecule has 3 N–H and O–H groups in total. The highest BCUT2D eigenvalue weighted by Gasteiger charge is 2.33. The van der Waals surface area contributed by atoms with Gasteiger partial charge in [0, 0.05) is 13.1 Å². The number of nitrogens with two attached hydrogens (primary N) is 1. The average molecular weight is 390 g/mol. The third-order valence-corrected chi connectivity index (χ3v) is 4.59. The molecule has 2 amide bonds. The highest BCUT2D eigenvalue weighted by Crippen LogP contribution is 2.18. The summed E-state index contributed by atoms with van der Waals surface area (Å²) in [5, 5.41) is 2.79. The van der Waals surface area contributed by atoms with Gasteiger partial charge in [-0.15, -0.1) is 12.4 Å². The number of ether oxygens (including phenoxy) is 1. The van der Waals surface area contributed by atoms with Crippen molar-refractivity contribution in [2.75, 3.05) is 13.7 Å². The monoisotopic (exact) mass is 389 g/mol. The number of carbonyl (C=O) groups excluding carboxylic acids is 2. The molecular weight excluding hydrogens is 366 g/mol. The van der Waals surface area contributed by atoms with Crippen molar-refractivity contribution in [2.45, 2.75) is 25.0 Å². The maximum Gasteiger partial charge on any atom is 0.245 e. The first-order chi connectivity index (χ1) is 12.6. The van der Waals surface area contributed by atoms with Gasteiger partial charge in [-0.2, -0.15) is 0 Å². The van der Waals surface area contributed by atoms with Crippen LogP contribution in [0.3, 0.4) is 0 Å². The van der Waals surface area contributed by atoms with Gasteiger partial charge in [0.05, 0.1) is 7.11 Å². The minimum absolute atomic E-state index is 0. The van der Waals surface area contributed by atoms with Gasteiger partial charge < -0.3 is 20.7 Å². The summed E-state index contributed by atoms with van der Waals surface area (Å²) in [6, 6.07) is 15.4. The van der Waals surface area contributed by atoms with Crippen molar-refractivity contribution in [1.29, 1.82) is 0 Å². The van der Waals surface area contributed by atoms with Crippen LogP contribution in [0.2, 0.25) is 0 Å². The van der Waals surface area contributed by atoms with Gasteiger partial charge in [0.1, 0.15) is 17.8 Å². The SMILES string of the molecule is COc1ccc(CN2CCC(NC(=O)C(N)c3ccccc3)C2=O)cc1.Cl. The smallest absolute Gasteiger partial charge is 0.245 e. The molecule has 6 nitrogen and oxygen atoms in total. The summed E-state index contributed by atoms with van der Waals surface area (Å²) in [7, 11) is 1.62. The zero-order valence-electron chi connectivity index (χ0n) is 15.1. The van der Waals surface area contributed by atoms with E-state index in [1.165, 1.54) is 0 Å². The first-order valence-electron chi connectivity index (χ1n) is 8.61. The summed E-state index contributed by atoms with van der Waals surface area (Å²) < 4.78 is 5.14. The Hall–Kier alpha value is -2.57. The molecule has 2 aromatic carbocycles. The number of amides is 2. The van der Waals surface area contributed by atoms with Crippen LogP contribution >= 0.6 is 12.4 Å². The predicted molar refractivity (Wildman–Crippen MR) is 106 cm³/mol.